The van der Waals surface area contributed by atoms with Crippen LogP contribution in [-0.4, -0.2) is 12.2 Å². The molecular weight excluding hydrogens is 272 g/mol. The lowest BCUT2D eigenvalue weighted by Crippen LogP contribution is -2.33. The number of hydrogen-bond acceptors (Lipinski definition) is 2. The number of hydrogen-bond donors (Lipinski definition) is 1. The molecule has 1 aromatic rings. The Balaban J connectivity index is 2.23. The first-order chi connectivity index (χ1) is 10.3. The summed E-state index contributed by atoms with van der Waals surface area (Å²) < 4.78 is 5.82. The van der Waals surface area contributed by atoms with E-state index in [9.17, 15) is 5.11 Å². The van der Waals surface area contributed by atoms with Crippen LogP contribution in [0.3, 0.4) is 0 Å². The molecule has 0 heterocycles. The monoisotopic (exact) mass is 300 g/mol. The average molecular weight is 300 g/mol. The van der Waals surface area contributed by atoms with Gasteiger partial charge in [0.25, 0.3) is 0 Å². The molecule has 0 saturated heterocycles. The Morgan fingerprint density at radius 3 is 2.59 bits per heavy atom. The first kappa shape index (κ1) is 15.6. The molecule has 0 saturated carbocycles. The van der Waals surface area contributed by atoms with Crippen LogP contribution in [0, 0.1) is 5.41 Å². The van der Waals surface area contributed by atoms with Crippen LogP contribution in [0.5, 0.6) is 5.75 Å². The van der Waals surface area contributed by atoms with Crippen molar-refractivity contribution in [2.24, 2.45) is 5.41 Å². The number of aromatic hydroxyl groups is 1. The maximum atomic E-state index is 10.8. The summed E-state index contributed by atoms with van der Waals surface area (Å²) in [4.78, 5) is 0. The minimum atomic E-state index is -0.113. The molecule has 0 amide bonds. The van der Waals surface area contributed by atoms with E-state index in [0.717, 1.165) is 24.8 Å². The van der Waals surface area contributed by atoms with E-state index in [-0.39, 0.29) is 16.9 Å². The first-order valence-corrected chi connectivity index (χ1v) is 8.38. The summed E-state index contributed by atoms with van der Waals surface area (Å²) in [6.45, 7) is 10.8. The van der Waals surface area contributed by atoms with Crippen molar-refractivity contribution in [3.63, 3.8) is 0 Å². The van der Waals surface area contributed by atoms with Crippen molar-refractivity contribution in [3.8, 4) is 5.75 Å². The molecule has 1 aromatic carbocycles. The van der Waals surface area contributed by atoms with Gasteiger partial charge < -0.3 is 9.84 Å². The third-order valence-corrected chi connectivity index (χ3v) is 6.01. The number of ether oxygens (including phenoxy) is 1. The van der Waals surface area contributed by atoms with E-state index in [1.54, 1.807) is 7.11 Å². The van der Waals surface area contributed by atoms with E-state index in [1.807, 2.05) is 12.1 Å². The van der Waals surface area contributed by atoms with Gasteiger partial charge in [-0.15, -0.1) is 6.58 Å². The molecule has 2 aliphatic rings. The smallest absolute Gasteiger partial charge is 0.122 e. The van der Waals surface area contributed by atoms with Crippen LogP contribution in [0.2, 0.25) is 0 Å². The van der Waals surface area contributed by atoms with Crippen LogP contribution in [0.1, 0.15) is 68.4 Å². The summed E-state index contributed by atoms with van der Waals surface area (Å²) >= 11 is 0. The summed E-state index contributed by atoms with van der Waals surface area (Å²) in [5.74, 6) is 0.406. The third kappa shape index (κ3) is 2.11. The second kappa shape index (κ2) is 5.13. The van der Waals surface area contributed by atoms with Gasteiger partial charge in [0.15, 0.2) is 0 Å². The molecule has 3 rings (SSSR count). The molecule has 0 unspecified atom stereocenters. The summed E-state index contributed by atoms with van der Waals surface area (Å²) in [5.41, 5.74) is 5.20. The van der Waals surface area contributed by atoms with Gasteiger partial charge in [0.05, 0.1) is 6.10 Å². The molecule has 120 valence electrons. The molecular formula is C20H28O2. The minimum Gasteiger partial charge on any atom is -0.508 e. The van der Waals surface area contributed by atoms with E-state index in [4.69, 9.17) is 4.74 Å². The van der Waals surface area contributed by atoms with Crippen molar-refractivity contribution >= 4 is 0 Å². The zero-order valence-electron chi connectivity index (χ0n) is 14.3. The number of fused-ring (bicyclic) bond motifs is 3. The Hall–Kier alpha value is -1.28. The van der Waals surface area contributed by atoms with E-state index < -0.39 is 0 Å². The number of benzene rings is 1. The first-order valence-electron chi connectivity index (χ1n) is 8.38. The van der Waals surface area contributed by atoms with Crippen molar-refractivity contribution in [3.05, 3.63) is 41.0 Å². The minimum absolute atomic E-state index is 0.107. The SMILES string of the molecule is C=C[C@@]1(C)CCc2c3c(cc(O)c2[C@@H]1OC)C(C)(C)CCC3. The molecule has 1 N–H and O–H groups in total. The maximum Gasteiger partial charge on any atom is 0.122 e. The Bertz CT molecular complexity index is 615. The Morgan fingerprint density at radius 1 is 1.23 bits per heavy atom. The standard InChI is InChI=1S/C20H28O2/c1-6-20(4)11-9-14-13-8-7-10-19(2,3)15(13)12-16(21)17(14)18(20)22-5/h6,12,18,21H,1,7-11H2,2-5H3/t18-,20-/m0/s1. The van der Waals surface area contributed by atoms with Crippen LogP contribution in [0.4, 0.5) is 0 Å². The fourth-order valence-electron chi connectivity index (χ4n) is 4.54. The van der Waals surface area contributed by atoms with Crippen LogP contribution in [0.25, 0.3) is 0 Å². The lowest BCUT2D eigenvalue weighted by atomic mass is 9.65. The normalized spacial score (nSPS) is 29.5. The second-order valence-electron chi connectivity index (χ2n) is 7.88. The van der Waals surface area contributed by atoms with Gasteiger partial charge in [-0.1, -0.05) is 26.8 Å². The van der Waals surface area contributed by atoms with Crippen LogP contribution < -0.4 is 0 Å². The molecule has 22 heavy (non-hydrogen) atoms. The molecule has 0 radical (unpaired) electrons. The van der Waals surface area contributed by atoms with Crippen LogP contribution in [-0.2, 0) is 23.0 Å². The highest BCUT2D eigenvalue weighted by atomic mass is 16.5. The van der Waals surface area contributed by atoms with E-state index in [0.29, 0.717) is 5.75 Å². The Kier molecular flexibility index (Phi) is 3.64. The molecule has 2 atom stereocenters. The van der Waals surface area contributed by atoms with Crippen molar-refractivity contribution in [2.45, 2.75) is 64.4 Å². The number of rotatable bonds is 2. The topological polar surface area (TPSA) is 29.5 Å². The Labute approximate surface area is 134 Å². The molecule has 0 aromatic heterocycles. The molecule has 0 fully saturated rings. The maximum absolute atomic E-state index is 10.8. The highest BCUT2D eigenvalue weighted by Gasteiger charge is 2.42. The van der Waals surface area contributed by atoms with Crippen LogP contribution >= 0.6 is 0 Å². The van der Waals surface area contributed by atoms with E-state index >= 15 is 0 Å². The zero-order chi connectivity index (χ0) is 16.1. The van der Waals surface area contributed by atoms with Crippen molar-refractivity contribution in [2.75, 3.05) is 7.11 Å². The fourth-order valence-corrected chi connectivity index (χ4v) is 4.54. The lowest BCUT2D eigenvalue weighted by molar-refractivity contribution is 0.00751. The van der Waals surface area contributed by atoms with Gasteiger partial charge in [-0.3, -0.25) is 0 Å². The number of methoxy groups -OCH3 is 1. The quantitative estimate of drug-likeness (QED) is 0.793. The van der Waals surface area contributed by atoms with Crippen molar-refractivity contribution in [1.82, 2.24) is 0 Å². The molecule has 2 heteroatoms. The largest absolute Gasteiger partial charge is 0.508 e. The van der Waals surface area contributed by atoms with Crippen LogP contribution in [0.15, 0.2) is 18.7 Å². The number of phenols is 1. The zero-order valence-corrected chi connectivity index (χ0v) is 14.3. The molecule has 2 nitrogen and oxygen atoms in total. The fraction of sp³-hybridized carbons (Fsp3) is 0.600. The second-order valence-corrected chi connectivity index (χ2v) is 7.88. The van der Waals surface area contributed by atoms with Crippen molar-refractivity contribution in [1.29, 1.82) is 0 Å². The van der Waals surface area contributed by atoms with E-state index in [2.05, 4.69) is 27.4 Å². The summed E-state index contributed by atoms with van der Waals surface area (Å²) in [6, 6.07) is 2.01. The highest BCUT2D eigenvalue weighted by Crippen LogP contribution is 2.53. The van der Waals surface area contributed by atoms with Gasteiger partial charge in [0.2, 0.25) is 0 Å². The van der Waals surface area contributed by atoms with Gasteiger partial charge >= 0.3 is 0 Å². The Morgan fingerprint density at radius 2 is 1.95 bits per heavy atom. The average Bonchev–Trinajstić information content (AvgIpc) is 2.48. The predicted octanol–water partition coefficient (Wildman–Crippen LogP) is 4.83. The molecule has 0 bridgehead atoms. The summed E-state index contributed by atoms with van der Waals surface area (Å²) in [6.07, 6.45) is 7.46. The summed E-state index contributed by atoms with van der Waals surface area (Å²) in [5, 5.41) is 10.8. The predicted molar refractivity (Wildman–Crippen MR) is 90.4 cm³/mol. The summed E-state index contributed by atoms with van der Waals surface area (Å²) in [7, 11) is 1.74. The van der Waals surface area contributed by atoms with Gasteiger partial charge in [-0.25, -0.2) is 0 Å². The van der Waals surface area contributed by atoms with E-state index in [1.165, 1.54) is 29.5 Å². The molecule has 0 aliphatic heterocycles. The van der Waals surface area contributed by atoms with Gasteiger partial charge in [0, 0.05) is 18.1 Å². The molecule has 0 spiro atoms. The van der Waals surface area contributed by atoms with Gasteiger partial charge in [-0.05, 0) is 60.3 Å². The molecule has 2 aliphatic carbocycles. The number of phenolic OH excluding ortho intramolecular Hbond substituents is 1. The third-order valence-electron chi connectivity index (χ3n) is 6.01. The van der Waals surface area contributed by atoms with Crippen molar-refractivity contribution < 1.29 is 9.84 Å². The van der Waals surface area contributed by atoms with Gasteiger partial charge in [-0.2, -0.15) is 0 Å². The highest BCUT2D eigenvalue weighted by molar-refractivity contribution is 5.55. The van der Waals surface area contributed by atoms with Gasteiger partial charge in [0.1, 0.15) is 5.75 Å². The lowest BCUT2D eigenvalue weighted by Gasteiger charge is -2.43.